The average molecular weight is 183 g/mol. The Kier molecular flexibility index (Phi) is 2.65. The number of nitrogens with zero attached hydrogens (tertiary/aromatic N) is 3. The molecule has 1 rings (SSSR count). The smallest absolute Gasteiger partial charge is 0.303 e. The van der Waals surface area contributed by atoms with Gasteiger partial charge >= 0.3 is 5.97 Å². The van der Waals surface area contributed by atoms with Crippen molar-refractivity contribution in [2.24, 2.45) is 0 Å². The maximum absolute atomic E-state index is 10.4. The molecule has 0 aliphatic heterocycles. The van der Waals surface area contributed by atoms with E-state index in [9.17, 15) is 4.79 Å². The number of aromatic nitrogens is 3. The van der Waals surface area contributed by atoms with Crippen molar-refractivity contribution in [3.05, 3.63) is 12.7 Å². The molecule has 1 aromatic rings. The fourth-order valence-electron chi connectivity index (χ4n) is 1.06. The van der Waals surface area contributed by atoms with Crippen LogP contribution < -0.4 is 0 Å². The van der Waals surface area contributed by atoms with Crippen LogP contribution in [0.1, 0.15) is 26.7 Å². The second-order valence-electron chi connectivity index (χ2n) is 3.58. The zero-order valence-corrected chi connectivity index (χ0v) is 7.77. The number of carboxylic acids is 1. The Bertz CT molecular complexity index is 280. The molecule has 72 valence electrons. The summed E-state index contributed by atoms with van der Waals surface area (Å²) in [6.45, 7) is 3.92. The lowest BCUT2D eigenvalue weighted by atomic mass is 9.98. The van der Waals surface area contributed by atoms with Gasteiger partial charge in [-0.3, -0.25) is 4.79 Å². The Balaban J connectivity index is 2.61. The van der Waals surface area contributed by atoms with Gasteiger partial charge in [-0.1, -0.05) is 0 Å². The van der Waals surface area contributed by atoms with E-state index in [4.69, 9.17) is 5.11 Å². The number of rotatable bonds is 4. The molecule has 0 spiro atoms. The maximum Gasteiger partial charge on any atom is 0.303 e. The number of aliphatic carboxylic acids is 1. The molecule has 0 atom stereocenters. The molecule has 1 aromatic heterocycles. The first-order valence-corrected chi connectivity index (χ1v) is 4.09. The monoisotopic (exact) mass is 183 g/mol. The Morgan fingerprint density at radius 1 is 1.46 bits per heavy atom. The van der Waals surface area contributed by atoms with Crippen molar-refractivity contribution in [1.82, 2.24) is 14.8 Å². The SMILES string of the molecule is CC(C)(CCC(=O)O)n1cnnc1. The molecule has 0 aliphatic rings. The minimum atomic E-state index is -0.777. The van der Waals surface area contributed by atoms with Gasteiger partial charge in [0.15, 0.2) is 0 Å². The molecular formula is C8H13N3O2. The van der Waals surface area contributed by atoms with Crippen LogP contribution in [0.5, 0.6) is 0 Å². The van der Waals surface area contributed by atoms with E-state index < -0.39 is 5.97 Å². The van der Waals surface area contributed by atoms with Crippen molar-refractivity contribution < 1.29 is 9.90 Å². The third-order valence-corrected chi connectivity index (χ3v) is 2.07. The minimum absolute atomic E-state index is 0.158. The summed E-state index contributed by atoms with van der Waals surface area (Å²) in [6.07, 6.45) is 3.93. The summed E-state index contributed by atoms with van der Waals surface area (Å²) >= 11 is 0. The van der Waals surface area contributed by atoms with Gasteiger partial charge < -0.3 is 9.67 Å². The van der Waals surface area contributed by atoms with Gasteiger partial charge in [0, 0.05) is 12.0 Å². The molecule has 5 nitrogen and oxygen atoms in total. The van der Waals surface area contributed by atoms with Gasteiger partial charge in [0.2, 0.25) is 0 Å². The third-order valence-electron chi connectivity index (χ3n) is 2.07. The van der Waals surface area contributed by atoms with E-state index in [1.165, 1.54) is 0 Å². The van der Waals surface area contributed by atoms with Gasteiger partial charge in [-0.2, -0.15) is 0 Å². The molecule has 0 saturated carbocycles. The molecule has 0 unspecified atom stereocenters. The van der Waals surface area contributed by atoms with E-state index in [0.717, 1.165) is 0 Å². The second kappa shape index (κ2) is 3.55. The van der Waals surface area contributed by atoms with E-state index in [1.807, 2.05) is 18.4 Å². The average Bonchev–Trinajstić information content (AvgIpc) is 2.53. The van der Waals surface area contributed by atoms with Crippen LogP contribution in [0, 0.1) is 0 Å². The van der Waals surface area contributed by atoms with Gasteiger partial charge in [-0.25, -0.2) is 0 Å². The molecule has 13 heavy (non-hydrogen) atoms. The third kappa shape index (κ3) is 2.54. The quantitative estimate of drug-likeness (QED) is 0.752. The summed E-state index contributed by atoms with van der Waals surface area (Å²) in [5, 5.41) is 15.9. The Labute approximate surface area is 76.4 Å². The zero-order valence-electron chi connectivity index (χ0n) is 7.77. The van der Waals surface area contributed by atoms with Crippen molar-refractivity contribution in [2.75, 3.05) is 0 Å². The van der Waals surface area contributed by atoms with Gasteiger partial charge in [-0.15, -0.1) is 10.2 Å². The largest absolute Gasteiger partial charge is 0.481 e. The predicted molar refractivity (Wildman–Crippen MR) is 46.2 cm³/mol. The van der Waals surface area contributed by atoms with E-state index in [0.29, 0.717) is 6.42 Å². The summed E-state index contributed by atoms with van der Waals surface area (Å²) in [7, 11) is 0. The second-order valence-corrected chi connectivity index (χ2v) is 3.58. The molecule has 5 heteroatoms. The van der Waals surface area contributed by atoms with Gasteiger partial charge in [0.25, 0.3) is 0 Å². The first-order valence-electron chi connectivity index (χ1n) is 4.09. The molecule has 0 amide bonds. The normalized spacial score (nSPS) is 11.5. The van der Waals surface area contributed by atoms with E-state index >= 15 is 0 Å². The van der Waals surface area contributed by atoms with Crippen molar-refractivity contribution in [1.29, 1.82) is 0 Å². The summed E-state index contributed by atoms with van der Waals surface area (Å²) in [5.74, 6) is -0.777. The number of hydrogen-bond donors (Lipinski definition) is 1. The van der Waals surface area contributed by atoms with E-state index in [-0.39, 0.29) is 12.0 Å². The fourth-order valence-corrected chi connectivity index (χ4v) is 1.06. The molecule has 0 aliphatic carbocycles. The number of hydrogen-bond acceptors (Lipinski definition) is 3. The first kappa shape index (κ1) is 9.70. The highest BCUT2D eigenvalue weighted by Crippen LogP contribution is 2.20. The van der Waals surface area contributed by atoms with Crippen LogP contribution in [0.15, 0.2) is 12.7 Å². The van der Waals surface area contributed by atoms with Crippen molar-refractivity contribution in [3.8, 4) is 0 Å². The Hall–Kier alpha value is -1.39. The molecule has 0 radical (unpaired) electrons. The molecular weight excluding hydrogens is 170 g/mol. The molecule has 1 heterocycles. The predicted octanol–water partition coefficient (Wildman–Crippen LogP) is 0.878. The van der Waals surface area contributed by atoms with Gasteiger partial charge in [0.05, 0.1) is 0 Å². The highest BCUT2D eigenvalue weighted by atomic mass is 16.4. The Morgan fingerprint density at radius 3 is 2.46 bits per heavy atom. The van der Waals surface area contributed by atoms with Crippen molar-refractivity contribution in [3.63, 3.8) is 0 Å². The summed E-state index contributed by atoms with van der Waals surface area (Å²) in [4.78, 5) is 10.4. The van der Waals surface area contributed by atoms with Crippen LogP contribution in [0.3, 0.4) is 0 Å². The van der Waals surface area contributed by atoms with Crippen molar-refractivity contribution in [2.45, 2.75) is 32.2 Å². The highest BCUT2D eigenvalue weighted by Gasteiger charge is 2.20. The molecule has 0 bridgehead atoms. The van der Waals surface area contributed by atoms with Crippen LogP contribution >= 0.6 is 0 Å². The molecule has 0 fully saturated rings. The molecule has 0 saturated heterocycles. The van der Waals surface area contributed by atoms with Gasteiger partial charge in [-0.05, 0) is 20.3 Å². The highest BCUT2D eigenvalue weighted by molar-refractivity contribution is 5.66. The maximum atomic E-state index is 10.4. The zero-order chi connectivity index (χ0) is 9.90. The molecule has 1 N–H and O–H groups in total. The van der Waals surface area contributed by atoms with E-state index in [2.05, 4.69) is 10.2 Å². The van der Waals surface area contributed by atoms with Crippen LogP contribution in [-0.4, -0.2) is 25.8 Å². The van der Waals surface area contributed by atoms with Crippen LogP contribution in [0.4, 0.5) is 0 Å². The topological polar surface area (TPSA) is 68.0 Å². The standard InChI is InChI=1S/C8H13N3O2/c1-8(2,4-3-7(12)13)11-5-9-10-6-11/h5-6H,3-4H2,1-2H3,(H,12,13). The van der Waals surface area contributed by atoms with Crippen LogP contribution in [0.2, 0.25) is 0 Å². The van der Waals surface area contributed by atoms with Crippen LogP contribution in [0.25, 0.3) is 0 Å². The van der Waals surface area contributed by atoms with Crippen LogP contribution in [-0.2, 0) is 10.3 Å². The minimum Gasteiger partial charge on any atom is -0.481 e. The summed E-state index contributed by atoms with van der Waals surface area (Å²) < 4.78 is 1.82. The first-order chi connectivity index (χ1) is 6.02. The van der Waals surface area contributed by atoms with Gasteiger partial charge in [0.1, 0.15) is 12.7 Å². The number of carbonyl (C=O) groups is 1. The number of carboxylic acid groups (broad SMARTS) is 1. The molecule has 0 aromatic carbocycles. The lowest BCUT2D eigenvalue weighted by Gasteiger charge is -2.24. The van der Waals surface area contributed by atoms with Crippen molar-refractivity contribution >= 4 is 5.97 Å². The summed E-state index contributed by atoms with van der Waals surface area (Å²) in [6, 6.07) is 0. The fraction of sp³-hybridized carbons (Fsp3) is 0.625. The lowest BCUT2D eigenvalue weighted by Crippen LogP contribution is -2.25. The Morgan fingerprint density at radius 2 is 2.00 bits per heavy atom. The summed E-state index contributed by atoms with van der Waals surface area (Å²) in [5.41, 5.74) is -0.234. The lowest BCUT2D eigenvalue weighted by molar-refractivity contribution is -0.137. The van der Waals surface area contributed by atoms with E-state index in [1.54, 1.807) is 12.7 Å².